The summed E-state index contributed by atoms with van der Waals surface area (Å²) in [5, 5.41) is 0. The number of hydrogen-bond donors (Lipinski definition) is 2. The van der Waals surface area contributed by atoms with Gasteiger partial charge < -0.3 is 16.4 Å². The number of amides is 2. The van der Waals surface area contributed by atoms with E-state index >= 15 is 0 Å². The Kier molecular flexibility index (Phi) is 4.79. The van der Waals surface area contributed by atoms with Crippen molar-refractivity contribution in [3.8, 4) is 0 Å². The lowest BCUT2D eigenvalue weighted by molar-refractivity contribution is -0.133. The van der Waals surface area contributed by atoms with Crippen molar-refractivity contribution in [1.82, 2.24) is 4.90 Å². The number of hydrogen-bond acceptors (Lipinski definition) is 3. The first kappa shape index (κ1) is 14.1. The average molecular weight is 253 g/mol. The second kappa shape index (κ2) is 6.11. The molecule has 1 unspecified atom stereocenters. The number of rotatable bonds is 5. The minimum Gasteiger partial charge on any atom is -0.370 e. The molecule has 1 aromatic rings. The van der Waals surface area contributed by atoms with Crippen molar-refractivity contribution in [2.45, 2.75) is 19.0 Å². The van der Waals surface area contributed by atoms with E-state index in [-0.39, 0.29) is 18.1 Å². The third-order valence-electron chi connectivity index (χ3n) is 2.45. The second-order valence-electron chi connectivity index (χ2n) is 4.10. The molecule has 98 valence electrons. The molecule has 0 saturated carbocycles. The largest absolute Gasteiger partial charge is 0.370 e. The molecular weight excluding hydrogens is 237 g/mol. The van der Waals surface area contributed by atoms with Crippen LogP contribution < -0.4 is 11.5 Å². The van der Waals surface area contributed by atoms with Crippen molar-refractivity contribution in [2.75, 3.05) is 7.05 Å². The molecule has 0 aliphatic carbocycles. The zero-order valence-electron chi connectivity index (χ0n) is 10.1. The molecule has 0 aliphatic heterocycles. The summed E-state index contributed by atoms with van der Waals surface area (Å²) >= 11 is 0. The van der Waals surface area contributed by atoms with Crippen LogP contribution >= 0.6 is 0 Å². The van der Waals surface area contributed by atoms with Crippen LogP contribution in [0.2, 0.25) is 0 Å². The third-order valence-corrected chi connectivity index (χ3v) is 2.45. The molecule has 0 aliphatic rings. The Morgan fingerprint density at radius 3 is 2.39 bits per heavy atom. The molecule has 1 aromatic carbocycles. The lowest BCUT2D eigenvalue weighted by Crippen LogP contribution is -2.43. The number of carbonyl (C=O) groups is 2. The SMILES string of the molecule is CN(Cc1ccc(F)cc1)C(=O)C(N)CC(N)=O. The fourth-order valence-electron chi connectivity index (χ4n) is 1.53. The van der Waals surface area contributed by atoms with Gasteiger partial charge in [0.2, 0.25) is 11.8 Å². The molecule has 0 fully saturated rings. The van der Waals surface area contributed by atoms with Crippen LogP contribution in [0.25, 0.3) is 0 Å². The fraction of sp³-hybridized carbons (Fsp3) is 0.333. The Hall–Kier alpha value is -1.95. The molecule has 0 heterocycles. The number of benzene rings is 1. The van der Waals surface area contributed by atoms with Crippen molar-refractivity contribution in [3.05, 3.63) is 35.6 Å². The maximum atomic E-state index is 12.7. The van der Waals surface area contributed by atoms with Crippen molar-refractivity contribution >= 4 is 11.8 Å². The van der Waals surface area contributed by atoms with Crippen molar-refractivity contribution < 1.29 is 14.0 Å². The molecule has 4 N–H and O–H groups in total. The predicted octanol–water partition coefficient (Wildman–Crippen LogP) is -0.0132. The van der Waals surface area contributed by atoms with Gasteiger partial charge in [-0.05, 0) is 17.7 Å². The summed E-state index contributed by atoms with van der Waals surface area (Å²) in [6.45, 7) is 0.297. The van der Waals surface area contributed by atoms with Crippen LogP contribution in [0.3, 0.4) is 0 Å². The fourth-order valence-corrected chi connectivity index (χ4v) is 1.53. The van der Waals surface area contributed by atoms with E-state index in [1.165, 1.54) is 17.0 Å². The van der Waals surface area contributed by atoms with Gasteiger partial charge in [-0.3, -0.25) is 9.59 Å². The average Bonchev–Trinajstić information content (AvgIpc) is 2.30. The maximum Gasteiger partial charge on any atom is 0.240 e. The summed E-state index contributed by atoms with van der Waals surface area (Å²) < 4.78 is 12.7. The molecule has 2 amide bonds. The van der Waals surface area contributed by atoms with Crippen LogP contribution in [-0.4, -0.2) is 29.8 Å². The van der Waals surface area contributed by atoms with Crippen LogP contribution in [0.4, 0.5) is 4.39 Å². The van der Waals surface area contributed by atoms with Gasteiger partial charge in [0.25, 0.3) is 0 Å². The van der Waals surface area contributed by atoms with Crippen LogP contribution in [0.5, 0.6) is 0 Å². The Morgan fingerprint density at radius 1 is 1.33 bits per heavy atom. The summed E-state index contributed by atoms with van der Waals surface area (Å²) in [5.74, 6) is -1.33. The first-order chi connectivity index (χ1) is 8.40. The molecular formula is C12H16FN3O2. The number of likely N-dealkylation sites (N-methyl/N-ethyl adjacent to an activating group) is 1. The first-order valence-corrected chi connectivity index (χ1v) is 5.43. The molecule has 1 rings (SSSR count). The highest BCUT2D eigenvalue weighted by molar-refractivity contribution is 5.87. The topological polar surface area (TPSA) is 89.4 Å². The summed E-state index contributed by atoms with van der Waals surface area (Å²) in [6, 6.07) is 4.86. The molecule has 0 aromatic heterocycles. The smallest absolute Gasteiger partial charge is 0.240 e. The van der Waals surface area contributed by atoms with E-state index in [1.54, 1.807) is 19.2 Å². The van der Waals surface area contributed by atoms with E-state index in [4.69, 9.17) is 11.5 Å². The normalized spacial score (nSPS) is 11.9. The molecule has 18 heavy (non-hydrogen) atoms. The zero-order valence-corrected chi connectivity index (χ0v) is 10.1. The highest BCUT2D eigenvalue weighted by Crippen LogP contribution is 2.06. The lowest BCUT2D eigenvalue weighted by atomic mass is 10.1. The van der Waals surface area contributed by atoms with Crippen LogP contribution in [0.1, 0.15) is 12.0 Å². The van der Waals surface area contributed by atoms with Gasteiger partial charge in [0.1, 0.15) is 5.82 Å². The summed E-state index contributed by atoms with van der Waals surface area (Å²) in [6.07, 6.45) is -0.188. The predicted molar refractivity (Wildman–Crippen MR) is 64.7 cm³/mol. The molecule has 0 bridgehead atoms. The monoisotopic (exact) mass is 253 g/mol. The lowest BCUT2D eigenvalue weighted by Gasteiger charge is -2.20. The Labute approximate surface area is 105 Å². The number of primary amides is 1. The Morgan fingerprint density at radius 2 is 1.89 bits per heavy atom. The standard InChI is InChI=1S/C12H16FN3O2/c1-16(12(18)10(14)6-11(15)17)7-8-2-4-9(13)5-3-8/h2-5,10H,6-7,14H2,1H3,(H2,15,17). The summed E-state index contributed by atoms with van der Waals surface area (Å²) in [4.78, 5) is 23.8. The highest BCUT2D eigenvalue weighted by Gasteiger charge is 2.19. The van der Waals surface area contributed by atoms with Crippen molar-refractivity contribution in [3.63, 3.8) is 0 Å². The van der Waals surface area contributed by atoms with Gasteiger partial charge in [-0.1, -0.05) is 12.1 Å². The van der Waals surface area contributed by atoms with Gasteiger partial charge in [0, 0.05) is 13.6 Å². The van der Waals surface area contributed by atoms with E-state index in [0.717, 1.165) is 5.56 Å². The minimum absolute atomic E-state index is 0.188. The third kappa shape index (κ3) is 4.14. The summed E-state index contributed by atoms with van der Waals surface area (Å²) in [7, 11) is 1.56. The second-order valence-corrected chi connectivity index (χ2v) is 4.10. The van der Waals surface area contributed by atoms with Gasteiger partial charge in [0.05, 0.1) is 12.5 Å². The van der Waals surface area contributed by atoms with E-state index in [9.17, 15) is 14.0 Å². The molecule has 0 saturated heterocycles. The molecule has 1 atom stereocenters. The summed E-state index contributed by atoms with van der Waals surface area (Å²) in [5.41, 5.74) is 11.3. The van der Waals surface area contributed by atoms with Crippen LogP contribution in [-0.2, 0) is 16.1 Å². The number of halogens is 1. The highest BCUT2D eigenvalue weighted by atomic mass is 19.1. The number of nitrogens with two attached hydrogens (primary N) is 2. The van der Waals surface area contributed by atoms with Crippen molar-refractivity contribution in [2.24, 2.45) is 11.5 Å². The molecule has 5 nitrogen and oxygen atoms in total. The maximum absolute atomic E-state index is 12.7. The molecule has 0 radical (unpaired) electrons. The number of nitrogens with zero attached hydrogens (tertiary/aromatic N) is 1. The van der Waals surface area contributed by atoms with Crippen molar-refractivity contribution in [1.29, 1.82) is 0 Å². The Balaban J connectivity index is 2.59. The quantitative estimate of drug-likeness (QED) is 0.773. The molecule has 0 spiro atoms. The van der Waals surface area contributed by atoms with Gasteiger partial charge in [-0.2, -0.15) is 0 Å². The van der Waals surface area contributed by atoms with Crippen LogP contribution in [0, 0.1) is 5.82 Å². The molecule has 6 heteroatoms. The van der Waals surface area contributed by atoms with E-state index in [0.29, 0.717) is 6.54 Å². The van der Waals surface area contributed by atoms with Gasteiger partial charge in [-0.25, -0.2) is 4.39 Å². The zero-order chi connectivity index (χ0) is 13.7. The van der Waals surface area contributed by atoms with Gasteiger partial charge in [0.15, 0.2) is 0 Å². The van der Waals surface area contributed by atoms with Gasteiger partial charge in [-0.15, -0.1) is 0 Å². The van der Waals surface area contributed by atoms with E-state index < -0.39 is 11.9 Å². The first-order valence-electron chi connectivity index (χ1n) is 5.43. The number of carbonyl (C=O) groups excluding carboxylic acids is 2. The van der Waals surface area contributed by atoms with E-state index in [1.807, 2.05) is 0 Å². The Bertz CT molecular complexity index is 433. The van der Waals surface area contributed by atoms with Crippen LogP contribution in [0.15, 0.2) is 24.3 Å². The van der Waals surface area contributed by atoms with E-state index in [2.05, 4.69) is 0 Å². The van der Waals surface area contributed by atoms with Gasteiger partial charge >= 0.3 is 0 Å². The minimum atomic E-state index is -0.937.